The van der Waals surface area contributed by atoms with E-state index >= 15 is 0 Å². The van der Waals surface area contributed by atoms with Crippen molar-refractivity contribution in [2.24, 2.45) is 0 Å². The lowest BCUT2D eigenvalue weighted by atomic mass is 10.0. The molecule has 1 aromatic carbocycles. The van der Waals surface area contributed by atoms with Crippen LogP contribution in [0.1, 0.15) is 42.5 Å². The van der Waals surface area contributed by atoms with E-state index in [1.54, 1.807) is 6.07 Å². The lowest BCUT2D eigenvalue weighted by molar-refractivity contribution is -0.132. The molecule has 27 heavy (non-hydrogen) atoms. The second-order valence-corrected chi connectivity index (χ2v) is 7.46. The number of anilines is 1. The lowest BCUT2D eigenvalue weighted by Gasteiger charge is -2.40. The van der Waals surface area contributed by atoms with Crippen molar-refractivity contribution in [2.45, 2.75) is 38.1 Å². The highest BCUT2D eigenvalue weighted by molar-refractivity contribution is 5.79. The summed E-state index contributed by atoms with van der Waals surface area (Å²) in [7, 11) is 0. The predicted molar refractivity (Wildman–Crippen MR) is 102 cm³/mol. The van der Waals surface area contributed by atoms with Gasteiger partial charge in [-0.15, -0.1) is 10.2 Å². The lowest BCUT2D eigenvalue weighted by Crippen LogP contribution is -2.54. The van der Waals surface area contributed by atoms with Gasteiger partial charge < -0.3 is 9.80 Å². The van der Waals surface area contributed by atoms with Crippen LogP contribution in [-0.4, -0.2) is 46.7 Å². The van der Waals surface area contributed by atoms with Crippen LogP contribution in [0, 0.1) is 11.3 Å². The Morgan fingerprint density at radius 2 is 1.93 bits per heavy atom. The molecule has 0 N–H and O–H groups in total. The molecular weight excluding hydrogens is 338 g/mol. The number of rotatable bonds is 4. The number of carbonyl (C=O) groups excluding carboxylic acids is 1. The predicted octanol–water partition coefficient (Wildman–Crippen LogP) is 2.51. The number of piperazine rings is 1. The molecule has 1 atom stereocenters. The maximum atomic E-state index is 12.8. The normalized spacial score (nSPS) is 19.6. The number of amides is 1. The monoisotopic (exact) mass is 361 g/mol. The van der Waals surface area contributed by atoms with Crippen LogP contribution in [0.5, 0.6) is 0 Å². The second kappa shape index (κ2) is 7.36. The summed E-state index contributed by atoms with van der Waals surface area (Å²) < 4.78 is 0. The van der Waals surface area contributed by atoms with Gasteiger partial charge in [0.15, 0.2) is 11.5 Å². The molecule has 2 aliphatic rings. The molecular formula is C21H23N5O. The number of hydrogen-bond acceptors (Lipinski definition) is 5. The summed E-state index contributed by atoms with van der Waals surface area (Å²) in [6.07, 6.45) is 3.04. The van der Waals surface area contributed by atoms with Crippen LogP contribution >= 0.6 is 0 Å². The van der Waals surface area contributed by atoms with Crippen molar-refractivity contribution in [1.82, 2.24) is 15.1 Å². The first-order valence-corrected chi connectivity index (χ1v) is 9.51. The van der Waals surface area contributed by atoms with E-state index in [2.05, 4.69) is 46.3 Å². The van der Waals surface area contributed by atoms with Crippen LogP contribution in [0.25, 0.3) is 0 Å². The fraction of sp³-hybridized carbons (Fsp3) is 0.429. The van der Waals surface area contributed by atoms with Crippen molar-refractivity contribution in [2.75, 3.05) is 24.5 Å². The van der Waals surface area contributed by atoms with Crippen LogP contribution in [0.15, 0.2) is 36.4 Å². The number of nitriles is 1. The largest absolute Gasteiger partial charge is 0.351 e. The number of hydrogen-bond donors (Lipinski definition) is 0. The van der Waals surface area contributed by atoms with E-state index in [1.165, 1.54) is 18.4 Å². The van der Waals surface area contributed by atoms with E-state index in [4.69, 9.17) is 5.26 Å². The first-order valence-electron chi connectivity index (χ1n) is 9.51. The molecule has 0 unspecified atom stereocenters. The number of nitrogens with zero attached hydrogens (tertiary/aromatic N) is 5. The highest BCUT2D eigenvalue weighted by atomic mass is 16.2. The van der Waals surface area contributed by atoms with Crippen molar-refractivity contribution >= 4 is 11.7 Å². The topological polar surface area (TPSA) is 73.1 Å². The third-order valence-corrected chi connectivity index (χ3v) is 5.42. The average Bonchev–Trinajstić information content (AvgIpc) is 3.54. The standard InChI is InChI=1S/C21H23N5O/c1-15-14-25(20-9-8-19(13-22)23-24-20)10-11-26(15)21(27)12-16-2-4-17(5-3-16)18-6-7-18/h2-5,8-9,15,18H,6-7,10-12,14H2,1H3/t15-/m1/s1. The highest BCUT2D eigenvalue weighted by Gasteiger charge is 2.28. The summed E-state index contributed by atoms with van der Waals surface area (Å²) in [4.78, 5) is 16.9. The van der Waals surface area contributed by atoms with E-state index < -0.39 is 0 Å². The molecule has 6 heteroatoms. The van der Waals surface area contributed by atoms with Gasteiger partial charge in [0.2, 0.25) is 5.91 Å². The second-order valence-electron chi connectivity index (χ2n) is 7.46. The van der Waals surface area contributed by atoms with E-state index in [-0.39, 0.29) is 11.9 Å². The Hall–Kier alpha value is -2.94. The van der Waals surface area contributed by atoms with Gasteiger partial charge in [0.25, 0.3) is 0 Å². The molecule has 138 valence electrons. The van der Waals surface area contributed by atoms with Crippen LogP contribution < -0.4 is 4.90 Å². The minimum atomic E-state index is 0.106. The Balaban J connectivity index is 1.35. The molecule has 1 saturated heterocycles. The summed E-state index contributed by atoms with van der Waals surface area (Å²) in [6, 6.07) is 14.1. The van der Waals surface area contributed by atoms with Crippen molar-refractivity contribution in [3.63, 3.8) is 0 Å². The molecule has 4 rings (SSSR count). The Morgan fingerprint density at radius 3 is 2.52 bits per heavy atom. The average molecular weight is 361 g/mol. The quantitative estimate of drug-likeness (QED) is 0.837. The molecule has 0 bridgehead atoms. The van der Waals surface area contributed by atoms with Gasteiger partial charge in [-0.25, -0.2) is 0 Å². The van der Waals surface area contributed by atoms with Crippen molar-refractivity contribution in [3.05, 3.63) is 53.2 Å². The van der Waals surface area contributed by atoms with Crippen LogP contribution in [0.2, 0.25) is 0 Å². The summed E-state index contributed by atoms with van der Waals surface area (Å²) in [5, 5.41) is 16.9. The van der Waals surface area contributed by atoms with Crippen LogP contribution in [0.4, 0.5) is 5.82 Å². The molecule has 2 fully saturated rings. The molecule has 1 aliphatic carbocycles. The minimum Gasteiger partial charge on any atom is -0.351 e. The SMILES string of the molecule is C[C@@H]1CN(c2ccc(C#N)nn2)CCN1C(=O)Cc1ccc(C2CC2)cc1. The fourth-order valence-corrected chi connectivity index (χ4v) is 3.69. The van der Waals surface area contributed by atoms with E-state index in [0.717, 1.165) is 23.8 Å². The Kier molecular flexibility index (Phi) is 4.76. The Bertz CT molecular complexity index is 852. The summed E-state index contributed by atoms with van der Waals surface area (Å²) in [5.41, 5.74) is 2.79. The van der Waals surface area contributed by atoms with Gasteiger partial charge in [-0.1, -0.05) is 24.3 Å². The van der Waals surface area contributed by atoms with E-state index in [9.17, 15) is 4.79 Å². The number of benzene rings is 1. The van der Waals surface area contributed by atoms with Crippen molar-refractivity contribution in [3.8, 4) is 6.07 Å². The van der Waals surface area contributed by atoms with Gasteiger partial charge >= 0.3 is 0 Å². The number of carbonyl (C=O) groups is 1. The molecule has 1 saturated carbocycles. The first-order chi connectivity index (χ1) is 13.1. The molecule has 1 amide bonds. The van der Waals surface area contributed by atoms with Gasteiger partial charge in [-0.05, 0) is 48.9 Å². The Labute approximate surface area is 159 Å². The molecule has 1 aromatic heterocycles. The van der Waals surface area contributed by atoms with Crippen LogP contribution in [0.3, 0.4) is 0 Å². The molecule has 6 nitrogen and oxygen atoms in total. The van der Waals surface area contributed by atoms with E-state index in [1.807, 2.05) is 17.0 Å². The third-order valence-electron chi connectivity index (χ3n) is 5.42. The minimum absolute atomic E-state index is 0.106. The number of aromatic nitrogens is 2. The van der Waals surface area contributed by atoms with Crippen LogP contribution in [-0.2, 0) is 11.2 Å². The molecule has 0 spiro atoms. The summed E-state index contributed by atoms with van der Waals surface area (Å²) in [5.74, 6) is 1.67. The van der Waals surface area contributed by atoms with Gasteiger partial charge in [0, 0.05) is 25.7 Å². The smallest absolute Gasteiger partial charge is 0.227 e. The zero-order chi connectivity index (χ0) is 18.8. The Morgan fingerprint density at radius 1 is 1.15 bits per heavy atom. The van der Waals surface area contributed by atoms with Gasteiger partial charge in [-0.3, -0.25) is 4.79 Å². The third kappa shape index (κ3) is 3.92. The fourth-order valence-electron chi connectivity index (χ4n) is 3.69. The maximum Gasteiger partial charge on any atom is 0.227 e. The summed E-state index contributed by atoms with van der Waals surface area (Å²) in [6.45, 7) is 4.17. The van der Waals surface area contributed by atoms with Crippen molar-refractivity contribution in [1.29, 1.82) is 5.26 Å². The molecule has 1 aliphatic heterocycles. The first kappa shape index (κ1) is 17.5. The van der Waals surface area contributed by atoms with Gasteiger partial charge in [0.1, 0.15) is 6.07 Å². The molecule has 2 heterocycles. The maximum absolute atomic E-state index is 12.8. The van der Waals surface area contributed by atoms with Crippen molar-refractivity contribution < 1.29 is 4.79 Å². The highest BCUT2D eigenvalue weighted by Crippen LogP contribution is 2.39. The zero-order valence-electron chi connectivity index (χ0n) is 15.5. The zero-order valence-corrected chi connectivity index (χ0v) is 15.5. The molecule has 2 aromatic rings. The summed E-state index contributed by atoms with van der Waals surface area (Å²) >= 11 is 0. The molecule has 0 radical (unpaired) electrons. The van der Waals surface area contributed by atoms with Gasteiger partial charge in [-0.2, -0.15) is 5.26 Å². The van der Waals surface area contributed by atoms with Gasteiger partial charge in [0.05, 0.1) is 6.42 Å². The van der Waals surface area contributed by atoms with E-state index in [0.29, 0.717) is 25.2 Å².